The molecule has 1 atom stereocenters. The van der Waals surface area contributed by atoms with E-state index in [0.717, 1.165) is 0 Å². The van der Waals surface area contributed by atoms with Gasteiger partial charge in [0.2, 0.25) is 0 Å². The lowest BCUT2D eigenvalue weighted by Crippen LogP contribution is -2.41. The zero-order chi connectivity index (χ0) is 13.1. The summed E-state index contributed by atoms with van der Waals surface area (Å²) in [6.07, 6.45) is 0. The number of hydrogen-bond acceptors (Lipinski definition) is 3. The molecule has 1 aliphatic heterocycles. The summed E-state index contributed by atoms with van der Waals surface area (Å²) in [7, 11) is 0. The largest absolute Gasteiger partial charge is 0.349 e. The van der Waals surface area contributed by atoms with E-state index in [1.54, 1.807) is 18.2 Å². The van der Waals surface area contributed by atoms with Gasteiger partial charge in [0.15, 0.2) is 0 Å². The first-order chi connectivity index (χ1) is 8.56. The Bertz CT molecular complexity index is 518. The van der Waals surface area contributed by atoms with Crippen molar-refractivity contribution in [3.05, 3.63) is 34.9 Å². The van der Waals surface area contributed by atoms with Crippen LogP contribution in [0.1, 0.15) is 10.4 Å². The van der Waals surface area contributed by atoms with Crippen LogP contribution in [-0.4, -0.2) is 30.4 Å². The van der Waals surface area contributed by atoms with E-state index in [1.807, 2.05) is 0 Å². The topological polar surface area (TPSA) is 87.3 Å². The number of rotatable bonds is 3. The zero-order valence-electron chi connectivity index (χ0n) is 9.20. The first-order valence-electron chi connectivity index (χ1n) is 5.21. The summed E-state index contributed by atoms with van der Waals surface area (Å²) in [5.41, 5.74) is 0.396. The maximum atomic E-state index is 11.7. The minimum absolute atomic E-state index is 0.0307. The van der Waals surface area contributed by atoms with Crippen molar-refractivity contribution < 1.29 is 14.4 Å². The van der Waals surface area contributed by atoms with Crippen LogP contribution < -0.4 is 16.0 Å². The minimum Gasteiger partial charge on any atom is -0.349 e. The Labute approximate surface area is 108 Å². The van der Waals surface area contributed by atoms with E-state index in [2.05, 4.69) is 16.0 Å². The van der Waals surface area contributed by atoms with Gasteiger partial charge in [-0.05, 0) is 18.2 Å². The lowest BCUT2D eigenvalue weighted by Gasteiger charge is -2.09. The zero-order valence-corrected chi connectivity index (χ0v) is 9.95. The van der Waals surface area contributed by atoms with Crippen LogP contribution >= 0.6 is 11.6 Å². The standard InChI is InChI=1S/C11H10ClN3O3/c12-7-3-1-2-6(4-7)9(16)13-5-8-10(17)15-11(18)14-8/h1-4,8H,5H2,(H,13,16)(H2,14,15,17,18). The van der Waals surface area contributed by atoms with E-state index in [4.69, 9.17) is 11.6 Å². The van der Waals surface area contributed by atoms with Crippen LogP contribution in [0.3, 0.4) is 0 Å². The van der Waals surface area contributed by atoms with Gasteiger partial charge >= 0.3 is 6.03 Å². The van der Waals surface area contributed by atoms with Gasteiger partial charge in [0, 0.05) is 17.1 Å². The Balaban J connectivity index is 1.93. The second-order valence-corrected chi connectivity index (χ2v) is 4.17. The number of carbonyl (C=O) groups is 3. The number of nitrogens with one attached hydrogen (secondary N) is 3. The number of carbonyl (C=O) groups excluding carboxylic acids is 3. The molecule has 7 heteroatoms. The van der Waals surface area contributed by atoms with Crippen molar-refractivity contribution in [1.82, 2.24) is 16.0 Å². The highest BCUT2D eigenvalue weighted by Crippen LogP contribution is 2.10. The molecule has 1 aromatic carbocycles. The van der Waals surface area contributed by atoms with Crippen molar-refractivity contribution in [2.24, 2.45) is 0 Å². The van der Waals surface area contributed by atoms with Crippen LogP contribution in [0.2, 0.25) is 5.02 Å². The Morgan fingerprint density at radius 3 is 2.78 bits per heavy atom. The van der Waals surface area contributed by atoms with Gasteiger partial charge in [-0.25, -0.2) is 4.79 Å². The van der Waals surface area contributed by atoms with E-state index >= 15 is 0 Å². The molecule has 0 aliphatic carbocycles. The molecule has 1 saturated heterocycles. The molecule has 0 saturated carbocycles. The molecule has 1 aromatic rings. The van der Waals surface area contributed by atoms with Gasteiger partial charge in [0.1, 0.15) is 6.04 Å². The normalized spacial score (nSPS) is 18.2. The molecule has 3 N–H and O–H groups in total. The molecular weight excluding hydrogens is 258 g/mol. The summed E-state index contributed by atoms with van der Waals surface area (Å²) >= 11 is 5.76. The van der Waals surface area contributed by atoms with Crippen LogP contribution in [-0.2, 0) is 4.79 Å². The molecule has 2 rings (SSSR count). The maximum Gasteiger partial charge on any atom is 0.322 e. The SMILES string of the molecule is O=C1NC(=O)C(CNC(=O)c2cccc(Cl)c2)N1. The highest BCUT2D eigenvalue weighted by atomic mass is 35.5. The maximum absolute atomic E-state index is 11.7. The predicted molar refractivity (Wildman–Crippen MR) is 64.2 cm³/mol. The number of imide groups is 1. The summed E-state index contributed by atoms with van der Waals surface area (Å²) < 4.78 is 0. The number of amides is 4. The van der Waals surface area contributed by atoms with Crippen molar-refractivity contribution in [2.75, 3.05) is 6.54 Å². The van der Waals surface area contributed by atoms with Gasteiger partial charge in [0.25, 0.3) is 11.8 Å². The molecular formula is C11H10ClN3O3. The van der Waals surface area contributed by atoms with Crippen LogP contribution in [0, 0.1) is 0 Å². The van der Waals surface area contributed by atoms with Crippen LogP contribution in [0.5, 0.6) is 0 Å². The number of benzene rings is 1. The van der Waals surface area contributed by atoms with Crippen molar-refractivity contribution in [3.8, 4) is 0 Å². The number of hydrogen-bond donors (Lipinski definition) is 3. The second kappa shape index (κ2) is 5.05. The van der Waals surface area contributed by atoms with Crippen molar-refractivity contribution >= 4 is 29.4 Å². The molecule has 4 amide bonds. The van der Waals surface area contributed by atoms with Gasteiger partial charge in [-0.3, -0.25) is 14.9 Å². The summed E-state index contributed by atoms with van der Waals surface area (Å²) in [6.45, 7) is 0.0307. The first-order valence-corrected chi connectivity index (χ1v) is 5.59. The Morgan fingerprint density at radius 1 is 1.39 bits per heavy atom. The van der Waals surface area contributed by atoms with E-state index in [0.29, 0.717) is 10.6 Å². The van der Waals surface area contributed by atoms with Gasteiger partial charge in [-0.2, -0.15) is 0 Å². The summed E-state index contributed by atoms with van der Waals surface area (Å²) in [5, 5.41) is 7.46. The van der Waals surface area contributed by atoms with Gasteiger partial charge in [-0.15, -0.1) is 0 Å². The highest BCUT2D eigenvalue weighted by Gasteiger charge is 2.29. The average molecular weight is 268 g/mol. The third kappa shape index (κ3) is 2.78. The summed E-state index contributed by atoms with van der Waals surface area (Å²) in [5.74, 6) is -0.808. The Kier molecular flexibility index (Phi) is 3.47. The fraction of sp³-hybridized carbons (Fsp3) is 0.182. The molecule has 0 bridgehead atoms. The lowest BCUT2D eigenvalue weighted by atomic mass is 10.2. The predicted octanol–water partition coefficient (Wildman–Crippen LogP) is 0.278. The molecule has 1 fully saturated rings. The van der Waals surface area contributed by atoms with E-state index in [9.17, 15) is 14.4 Å². The second-order valence-electron chi connectivity index (χ2n) is 3.74. The fourth-order valence-electron chi connectivity index (χ4n) is 1.53. The molecule has 1 heterocycles. The van der Waals surface area contributed by atoms with Crippen LogP contribution in [0.4, 0.5) is 4.79 Å². The van der Waals surface area contributed by atoms with Crippen LogP contribution in [0.25, 0.3) is 0 Å². The monoisotopic (exact) mass is 267 g/mol. The molecule has 1 aliphatic rings. The molecule has 0 radical (unpaired) electrons. The van der Waals surface area contributed by atoms with E-state index in [-0.39, 0.29) is 12.5 Å². The van der Waals surface area contributed by atoms with Gasteiger partial charge in [-0.1, -0.05) is 17.7 Å². The Morgan fingerprint density at radius 2 is 2.17 bits per heavy atom. The van der Waals surface area contributed by atoms with Gasteiger partial charge < -0.3 is 10.6 Å². The average Bonchev–Trinajstić information content (AvgIpc) is 2.65. The number of halogens is 1. The molecule has 18 heavy (non-hydrogen) atoms. The minimum atomic E-state index is -0.736. The number of urea groups is 1. The van der Waals surface area contributed by atoms with Gasteiger partial charge in [0.05, 0.1) is 0 Å². The van der Waals surface area contributed by atoms with E-state index < -0.39 is 18.0 Å². The smallest absolute Gasteiger partial charge is 0.322 e. The lowest BCUT2D eigenvalue weighted by molar-refractivity contribution is -0.120. The molecule has 0 aromatic heterocycles. The summed E-state index contributed by atoms with van der Waals surface area (Å²) in [6, 6.07) is 5.14. The third-order valence-corrected chi connectivity index (χ3v) is 2.65. The molecule has 6 nitrogen and oxygen atoms in total. The first kappa shape index (κ1) is 12.4. The van der Waals surface area contributed by atoms with Crippen molar-refractivity contribution in [3.63, 3.8) is 0 Å². The molecule has 94 valence electrons. The van der Waals surface area contributed by atoms with E-state index in [1.165, 1.54) is 6.07 Å². The quantitative estimate of drug-likeness (QED) is 0.688. The molecule has 0 spiro atoms. The van der Waals surface area contributed by atoms with Crippen LogP contribution in [0.15, 0.2) is 24.3 Å². The van der Waals surface area contributed by atoms with Crippen molar-refractivity contribution in [2.45, 2.75) is 6.04 Å². The Hall–Kier alpha value is -2.08. The summed E-state index contributed by atoms with van der Waals surface area (Å²) in [4.78, 5) is 33.8. The molecule has 1 unspecified atom stereocenters. The van der Waals surface area contributed by atoms with Crippen molar-refractivity contribution in [1.29, 1.82) is 0 Å². The fourth-order valence-corrected chi connectivity index (χ4v) is 1.72. The highest BCUT2D eigenvalue weighted by molar-refractivity contribution is 6.30. The third-order valence-electron chi connectivity index (χ3n) is 2.41.